The molecule has 5 heteroatoms. The third-order valence-electron chi connectivity index (χ3n) is 4.04. The minimum atomic E-state index is -0.0168. The van der Waals surface area contributed by atoms with Gasteiger partial charge in [-0.15, -0.1) is 0 Å². The molecule has 0 saturated carbocycles. The van der Waals surface area contributed by atoms with Gasteiger partial charge in [0.05, 0.1) is 31.7 Å². The minimum absolute atomic E-state index is 0.0168. The Balaban J connectivity index is 1.58. The molecule has 0 unspecified atom stereocenters. The number of amides is 1. The molecular formula is C17H19ClN3O+. The Morgan fingerprint density at radius 3 is 2.55 bits per heavy atom. The quantitative estimate of drug-likeness (QED) is 0.866. The normalized spacial score (nSPS) is 15.8. The van der Waals surface area contributed by atoms with Crippen molar-refractivity contribution in [2.24, 2.45) is 0 Å². The molecule has 22 heavy (non-hydrogen) atoms. The molecule has 0 atom stereocenters. The molecule has 1 fully saturated rings. The van der Waals surface area contributed by atoms with Gasteiger partial charge in [0.2, 0.25) is 0 Å². The van der Waals surface area contributed by atoms with E-state index in [1.807, 2.05) is 11.0 Å². The predicted octanol–water partition coefficient (Wildman–Crippen LogP) is 1.28. The monoisotopic (exact) mass is 316 g/mol. The van der Waals surface area contributed by atoms with Gasteiger partial charge >= 0.3 is 0 Å². The zero-order valence-electron chi connectivity index (χ0n) is 12.3. The molecule has 1 N–H and O–H groups in total. The second-order valence-corrected chi connectivity index (χ2v) is 5.90. The maximum absolute atomic E-state index is 12.5. The van der Waals surface area contributed by atoms with E-state index in [1.54, 1.807) is 18.3 Å². The van der Waals surface area contributed by atoms with Crippen molar-refractivity contribution in [1.82, 2.24) is 9.88 Å². The van der Waals surface area contributed by atoms with Crippen molar-refractivity contribution in [3.63, 3.8) is 0 Å². The van der Waals surface area contributed by atoms with Crippen LogP contribution in [0, 0.1) is 0 Å². The molecular weight excluding hydrogens is 298 g/mol. The van der Waals surface area contributed by atoms with Gasteiger partial charge < -0.3 is 9.80 Å². The number of quaternary nitrogens is 1. The van der Waals surface area contributed by atoms with Gasteiger partial charge in [0.25, 0.3) is 5.91 Å². The number of hydrogen-bond acceptors (Lipinski definition) is 2. The van der Waals surface area contributed by atoms with Gasteiger partial charge in [0, 0.05) is 11.8 Å². The number of benzene rings is 1. The van der Waals surface area contributed by atoms with Crippen LogP contribution in [0.2, 0.25) is 5.15 Å². The van der Waals surface area contributed by atoms with Gasteiger partial charge in [-0.1, -0.05) is 41.9 Å². The maximum Gasteiger partial charge on any atom is 0.257 e. The number of carbonyl (C=O) groups is 1. The number of halogens is 1. The van der Waals surface area contributed by atoms with Gasteiger partial charge in [-0.25, -0.2) is 4.98 Å². The Morgan fingerprint density at radius 2 is 1.86 bits per heavy atom. The number of pyridine rings is 1. The molecule has 1 aromatic carbocycles. The molecule has 1 aliphatic heterocycles. The molecule has 114 valence electrons. The van der Waals surface area contributed by atoms with E-state index in [0.717, 1.165) is 32.7 Å². The number of nitrogens with zero attached hydrogens (tertiary/aromatic N) is 2. The van der Waals surface area contributed by atoms with Gasteiger partial charge in [-0.2, -0.15) is 0 Å². The molecule has 3 rings (SSSR count). The summed E-state index contributed by atoms with van der Waals surface area (Å²) in [6.45, 7) is 4.44. The summed E-state index contributed by atoms with van der Waals surface area (Å²) < 4.78 is 0. The standard InChI is InChI=1S/C17H18ClN3O/c18-16-15(7-4-8-19-16)17(22)21-11-9-20(10-12-21)13-14-5-2-1-3-6-14/h1-8H,9-13H2/p+1. The van der Waals surface area contributed by atoms with Crippen molar-refractivity contribution in [1.29, 1.82) is 0 Å². The summed E-state index contributed by atoms with van der Waals surface area (Å²) in [5.74, 6) is -0.0168. The van der Waals surface area contributed by atoms with Crippen molar-refractivity contribution >= 4 is 17.5 Å². The summed E-state index contributed by atoms with van der Waals surface area (Å²) in [6, 6.07) is 14.0. The molecule has 1 aliphatic rings. The summed E-state index contributed by atoms with van der Waals surface area (Å²) in [6.07, 6.45) is 1.60. The highest BCUT2D eigenvalue weighted by Gasteiger charge is 2.25. The Bertz CT molecular complexity index is 639. The Morgan fingerprint density at radius 1 is 1.14 bits per heavy atom. The first-order valence-corrected chi connectivity index (χ1v) is 7.89. The maximum atomic E-state index is 12.5. The van der Waals surface area contributed by atoms with Crippen LogP contribution in [0.5, 0.6) is 0 Å². The number of hydrogen-bond donors (Lipinski definition) is 1. The molecule has 4 nitrogen and oxygen atoms in total. The number of carbonyl (C=O) groups excluding carboxylic acids is 1. The predicted molar refractivity (Wildman–Crippen MR) is 86.0 cm³/mol. The molecule has 2 aromatic rings. The van der Waals surface area contributed by atoms with Gasteiger partial charge in [-0.3, -0.25) is 4.79 Å². The van der Waals surface area contributed by atoms with Crippen LogP contribution >= 0.6 is 11.6 Å². The summed E-state index contributed by atoms with van der Waals surface area (Å²) >= 11 is 6.01. The smallest absolute Gasteiger partial charge is 0.257 e. The lowest BCUT2D eigenvalue weighted by atomic mass is 10.2. The van der Waals surface area contributed by atoms with Crippen LogP contribution in [0.15, 0.2) is 48.7 Å². The van der Waals surface area contributed by atoms with Gasteiger partial charge in [0.1, 0.15) is 11.7 Å². The van der Waals surface area contributed by atoms with E-state index in [1.165, 1.54) is 10.5 Å². The molecule has 0 bridgehead atoms. The second-order valence-electron chi connectivity index (χ2n) is 5.55. The van der Waals surface area contributed by atoms with Crippen LogP contribution in [0.4, 0.5) is 0 Å². The molecule has 0 radical (unpaired) electrons. The number of rotatable bonds is 3. The third kappa shape index (κ3) is 3.46. The first-order valence-electron chi connectivity index (χ1n) is 7.51. The molecule has 0 aliphatic carbocycles. The van der Waals surface area contributed by atoms with Crippen LogP contribution in [0.3, 0.4) is 0 Å². The lowest BCUT2D eigenvalue weighted by molar-refractivity contribution is -0.917. The first kappa shape index (κ1) is 15.0. The zero-order chi connectivity index (χ0) is 15.4. The van der Waals surface area contributed by atoms with E-state index in [0.29, 0.717) is 5.56 Å². The SMILES string of the molecule is O=C(c1cccnc1Cl)N1CC[NH+](Cc2ccccc2)CC1. The fourth-order valence-electron chi connectivity index (χ4n) is 2.80. The highest BCUT2D eigenvalue weighted by Crippen LogP contribution is 2.14. The van der Waals surface area contributed by atoms with Gasteiger partial charge in [-0.05, 0) is 12.1 Å². The minimum Gasteiger partial charge on any atom is -0.328 e. The number of nitrogens with one attached hydrogen (secondary N) is 1. The molecule has 1 aromatic heterocycles. The third-order valence-corrected chi connectivity index (χ3v) is 4.35. The van der Waals surface area contributed by atoms with E-state index in [9.17, 15) is 4.79 Å². The largest absolute Gasteiger partial charge is 0.328 e. The molecule has 1 saturated heterocycles. The van der Waals surface area contributed by atoms with Crippen LogP contribution in [0.25, 0.3) is 0 Å². The second kappa shape index (κ2) is 6.90. The van der Waals surface area contributed by atoms with Crippen LogP contribution < -0.4 is 4.90 Å². The number of piperazine rings is 1. The highest BCUT2D eigenvalue weighted by molar-refractivity contribution is 6.32. The van der Waals surface area contributed by atoms with Crippen LogP contribution in [-0.4, -0.2) is 42.0 Å². The molecule has 1 amide bonds. The zero-order valence-corrected chi connectivity index (χ0v) is 13.1. The first-order chi connectivity index (χ1) is 10.7. The average molecular weight is 317 g/mol. The average Bonchev–Trinajstić information content (AvgIpc) is 2.56. The Labute approximate surface area is 135 Å². The summed E-state index contributed by atoms with van der Waals surface area (Å²) in [4.78, 5) is 19.8. The summed E-state index contributed by atoms with van der Waals surface area (Å²) in [5, 5.41) is 0.284. The van der Waals surface area contributed by atoms with Crippen molar-refractivity contribution in [2.45, 2.75) is 6.54 Å². The topological polar surface area (TPSA) is 37.6 Å². The van der Waals surface area contributed by atoms with E-state index in [-0.39, 0.29) is 11.1 Å². The molecule has 0 spiro atoms. The summed E-state index contributed by atoms with van der Waals surface area (Å²) in [5.41, 5.74) is 1.84. The fourth-order valence-corrected chi connectivity index (χ4v) is 3.00. The Kier molecular flexibility index (Phi) is 4.71. The molecule has 2 heterocycles. The fraction of sp³-hybridized carbons (Fsp3) is 0.294. The van der Waals surface area contributed by atoms with Crippen LogP contribution in [-0.2, 0) is 6.54 Å². The number of aromatic nitrogens is 1. The lowest BCUT2D eigenvalue weighted by Gasteiger charge is -2.32. The van der Waals surface area contributed by atoms with Crippen molar-refractivity contribution in [3.8, 4) is 0 Å². The van der Waals surface area contributed by atoms with E-state index >= 15 is 0 Å². The summed E-state index contributed by atoms with van der Waals surface area (Å²) in [7, 11) is 0. The van der Waals surface area contributed by atoms with Crippen LogP contribution in [0.1, 0.15) is 15.9 Å². The van der Waals surface area contributed by atoms with Gasteiger partial charge in [0.15, 0.2) is 0 Å². The Hall–Kier alpha value is -1.91. The lowest BCUT2D eigenvalue weighted by Crippen LogP contribution is -3.13. The van der Waals surface area contributed by atoms with E-state index in [2.05, 4.69) is 29.2 Å². The van der Waals surface area contributed by atoms with E-state index < -0.39 is 0 Å². The van der Waals surface area contributed by atoms with Crippen molar-refractivity contribution in [2.75, 3.05) is 26.2 Å². The highest BCUT2D eigenvalue weighted by atomic mass is 35.5. The van der Waals surface area contributed by atoms with E-state index in [4.69, 9.17) is 11.6 Å². The van der Waals surface area contributed by atoms with Crippen molar-refractivity contribution in [3.05, 3.63) is 64.9 Å². The van der Waals surface area contributed by atoms with Crippen molar-refractivity contribution < 1.29 is 9.69 Å².